The van der Waals surface area contributed by atoms with E-state index in [2.05, 4.69) is 5.32 Å². The maximum Gasteiger partial charge on any atom is 0.411 e. The number of hydrogen-bond donors (Lipinski definition) is 1. The summed E-state index contributed by atoms with van der Waals surface area (Å²) in [5.41, 5.74) is 2.30. The van der Waals surface area contributed by atoms with Crippen molar-refractivity contribution in [1.82, 2.24) is 0 Å². The monoisotopic (exact) mass is 273 g/mol. The molecule has 2 aliphatic rings. The number of rotatable bonds is 2. The van der Waals surface area contributed by atoms with Crippen molar-refractivity contribution >= 4 is 11.8 Å². The third-order valence-corrected chi connectivity index (χ3v) is 4.98. The minimum absolute atomic E-state index is 0.133. The van der Waals surface area contributed by atoms with Crippen molar-refractivity contribution in [3.63, 3.8) is 0 Å². The van der Waals surface area contributed by atoms with Gasteiger partial charge in [0.05, 0.1) is 0 Å². The van der Waals surface area contributed by atoms with Gasteiger partial charge in [0.15, 0.2) is 0 Å². The number of aryl methyl sites for hydroxylation is 1. The van der Waals surface area contributed by atoms with Crippen LogP contribution in [0.15, 0.2) is 24.3 Å². The second-order valence-electron chi connectivity index (χ2n) is 6.35. The Bertz CT molecular complexity index is 474. The third kappa shape index (κ3) is 2.67. The summed E-state index contributed by atoms with van der Waals surface area (Å²) >= 11 is 0. The molecule has 2 fully saturated rings. The summed E-state index contributed by atoms with van der Waals surface area (Å²) < 4.78 is 5.66. The minimum Gasteiger partial charge on any atom is -0.445 e. The van der Waals surface area contributed by atoms with E-state index in [4.69, 9.17) is 4.74 Å². The number of amides is 1. The highest BCUT2D eigenvalue weighted by Crippen LogP contribution is 2.53. The van der Waals surface area contributed by atoms with E-state index >= 15 is 0 Å². The van der Waals surface area contributed by atoms with Crippen LogP contribution in [0.1, 0.15) is 50.5 Å². The lowest BCUT2D eigenvalue weighted by Crippen LogP contribution is -2.49. The van der Waals surface area contributed by atoms with Gasteiger partial charge in [-0.15, -0.1) is 0 Å². The van der Waals surface area contributed by atoms with Crippen LogP contribution in [-0.4, -0.2) is 12.2 Å². The van der Waals surface area contributed by atoms with Gasteiger partial charge in [-0.1, -0.05) is 37.0 Å². The van der Waals surface area contributed by atoms with Crippen molar-refractivity contribution in [2.45, 2.75) is 58.0 Å². The van der Waals surface area contributed by atoms with Crippen molar-refractivity contribution in [2.75, 3.05) is 5.32 Å². The predicted molar refractivity (Wildman–Crippen MR) is 79.8 cm³/mol. The second kappa shape index (κ2) is 5.47. The Morgan fingerprint density at radius 1 is 1.15 bits per heavy atom. The number of carbonyl (C=O) groups excluding carboxylic acids is 1. The SMILES string of the molecule is Cc1ccc(NC(=O)OC2CCC23CCCCC3)cc1. The molecular formula is C17H23NO2. The molecule has 2 saturated carbocycles. The van der Waals surface area contributed by atoms with Gasteiger partial charge in [0.1, 0.15) is 6.10 Å². The van der Waals surface area contributed by atoms with Crippen LogP contribution in [0.3, 0.4) is 0 Å². The number of nitrogens with one attached hydrogen (secondary N) is 1. The molecule has 3 nitrogen and oxygen atoms in total. The van der Waals surface area contributed by atoms with E-state index in [0.717, 1.165) is 12.1 Å². The molecule has 20 heavy (non-hydrogen) atoms. The summed E-state index contributed by atoms with van der Waals surface area (Å²) in [6.45, 7) is 2.03. The maximum absolute atomic E-state index is 12.0. The molecule has 0 radical (unpaired) electrons. The Morgan fingerprint density at radius 2 is 1.85 bits per heavy atom. The summed E-state index contributed by atoms with van der Waals surface area (Å²) in [6, 6.07) is 7.80. The Balaban J connectivity index is 1.55. The van der Waals surface area contributed by atoms with Gasteiger partial charge < -0.3 is 4.74 Å². The molecule has 1 atom stereocenters. The fourth-order valence-electron chi connectivity index (χ4n) is 3.60. The highest BCUT2D eigenvalue weighted by molar-refractivity contribution is 5.84. The van der Waals surface area contributed by atoms with Crippen molar-refractivity contribution in [3.8, 4) is 0 Å². The van der Waals surface area contributed by atoms with Gasteiger partial charge in [-0.05, 0) is 44.7 Å². The molecule has 1 aromatic carbocycles. The van der Waals surface area contributed by atoms with Crippen LogP contribution in [0.4, 0.5) is 10.5 Å². The van der Waals surface area contributed by atoms with Crippen molar-refractivity contribution < 1.29 is 9.53 Å². The number of carbonyl (C=O) groups is 1. The number of benzene rings is 1. The summed E-state index contributed by atoms with van der Waals surface area (Å²) in [6.07, 6.45) is 8.47. The largest absolute Gasteiger partial charge is 0.445 e. The zero-order valence-corrected chi connectivity index (χ0v) is 12.2. The van der Waals surface area contributed by atoms with Gasteiger partial charge in [0.25, 0.3) is 0 Å². The standard InChI is InChI=1S/C17H23NO2/c1-13-5-7-14(8-6-13)18-16(19)20-15-9-12-17(15)10-3-2-4-11-17/h5-8,15H,2-4,9-12H2,1H3,(H,18,19). The Kier molecular flexibility index (Phi) is 3.68. The second-order valence-corrected chi connectivity index (χ2v) is 6.35. The summed E-state index contributed by atoms with van der Waals surface area (Å²) in [4.78, 5) is 12.0. The molecule has 0 heterocycles. The third-order valence-electron chi connectivity index (χ3n) is 4.98. The van der Waals surface area contributed by atoms with Gasteiger partial charge in [-0.2, -0.15) is 0 Å². The minimum atomic E-state index is -0.302. The van der Waals surface area contributed by atoms with Crippen LogP contribution in [-0.2, 0) is 4.74 Å². The van der Waals surface area contributed by atoms with E-state index < -0.39 is 0 Å². The van der Waals surface area contributed by atoms with Crippen LogP contribution in [0, 0.1) is 12.3 Å². The molecule has 0 saturated heterocycles. The summed E-state index contributed by atoms with van der Waals surface area (Å²) in [7, 11) is 0. The van der Waals surface area contributed by atoms with E-state index in [9.17, 15) is 4.79 Å². The first-order valence-electron chi connectivity index (χ1n) is 7.72. The zero-order valence-electron chi connectivity index (χ0n) is 12.2. The van der Waals surface area contributed by atoms with Gasteiger partial charge >= 0.3 is 6.09 Å². The van der Waals surface area contributed by atoms with Crippen LogP contribution >= 0.6 is 0 Å². The Hall–Kier alpha value is -1.51. The average molecular weight is 273 g/mol. The Labute approximate surface area is 120 Å². The molecule has 3 rings (SSSR count). The lowest BCUT2D eigenvalue weighted by atomic mass is 9.58. The summed E-state index contributed by atoms with van der Waals surface area (Å²) in [5.74, 6) is 0. The van der Waals surface area contributed by atoms with E-state index in [1.165, 1.54) is 44.1 Å². The summed E-state index contributed by atoms with van der Waals surface area (Å²) in [5, 5.41) is 2.83. The molecule has 1 aromatic rings. The highest BCUT2D eigenvalue weighted by atomic mass is 16.6. The highest BCUT2D eigenvalue weighted by Gasteiger charge is 2.49. The van der Waals surface area contributed by atoms with E-state index in [1.807, 2.05) is 31.2 Å². The fourth-order valence-corrected chi connectivity index (χ4v) is 3.60. The zero-order chi connectivity index (χ0) is 14.0. The quantitative estimate of drug-likeness (QED) is 0.851. The molecule has 0 aliphatic heterocycles. The van der Waals surface area contributed by atoms with E-state index in [-0.39, 0.29) is 12.2 Å². The number of hydrogen-bond acceptors (Lipinski definition) is 2. The van der Waals surface area contributed by atoms with Gasteiger partial charge in [0, 0.05) is 11.1 Å². The van der Waals surface area contributed by atoms with Crippen molar-refractivity contribution in [2.24, 2.45) is 5.41 Å². The molecule has 1 N–H and O–H groups in total. The average Bonchev–Trinajstić information content (AvgIpc) is 2.47. The molecule has 1 spiro atoms. The molecular weight excluding hydrogens is 250 g/mol. The van der Waals surface area contributed by atoms with Crippen LogP contribution in [0.5, 0.6) is 0 Å². The van der Waals surface area contributed by atoms with Gasteiger partial charge in [-0.3, -0.25) is 5.32 Å². The molecule has 108 valence electrons. The molecule has 2 aliphatic carbocycles. The van der Waals surface area contributed by atoms with Crippen molar-refractivity contribution in [3.05, 3.63) is 29.8 Å². The molecule has 3 heteroatoms. The van der Waals surface area contributed by atoms with Crippen LogP contribution in [0.25, 0.3) is 0 Å². The van der Waals surface area contributed by atoms with E-state index in [0.29, 0.717) is 5.41 Å². The maximum atomic E-state index is 12.0. The lowest BCUT2D eigenvalue weighted by molar-refractivity contribution is -0.0890. The number of ether oxygens (including phenoxy) is 1. The van der Waals surface area contributed by atoms with Gasteiger partial charge in [-0.25, -0.2) is 4.79 Å². The topological polar surface area (TPSA) is 38.3 Å². The fraction of sp³-hybridized carbons (Fsp3) is 0.588. The van der Waals surface area contributed by atoms with Crippen LogP contribution in [0.2, 0.25) is 0 Å². The molecule has 1 unspecified atom stereocenters. The Morgan fingerprint density at radius 3 is 2.45 bits per heavy atom. The molecule has 1 amide bonds. The van der Waals surface area contributed by atoms with Gasteiger partial charge in [0.2, 0.25) is 0 Å². The molecule has 0 bridgehead atoms. The van der Waals surface area contributed by atoms with Crippen LogP contribution < -0.4 is 5.32 Å². The van der Waals surface area contributed by atoms with E-state index in [1.54, 1.807) is 0 Å². The molecule has 0 aromatic heterocycles. The lowest BCUT2D eigenvalue weighted by Gasteiger charge is -2.50. The predicted octanol–water partition coefficient (Wildman–Crippen LogP) is 4.66. The normalized spacial score (nSPS) is 23.9. The van der Waals surface area contributed by atoms with Crippen molar-refractivity contribution in [1.29, 1.82) is 0 Å². The first-order valence-corrected chi connectivity index (χ1v) is 7.72. The first kappa shape index (κ1) is 13.5. The number of anilines is 1. The first-order chi connectivity index (χ1) is 9.68. The smallest absolute Gasteiger partial charge is 0.411 e.